The highest BCUT2D eigenvalue weighted by Crippen LogP contribution is 2.35. The van der Waals surface area contributed by atoms with Crippen molar-refractivity contribution in [2.24, 2.45) is 0 Å². The molecule has 0 atom stereocenters. The van der Waals surface area contributed by atoms with E-state index in [1.165, 1.54) is 133 Å². The Hall–Kier alpha value is -4.38. The van der Waals surface area contributed by atoms with Crippen LogP contribution >= 0.6 is 0 Å². The van der Waals surface area contributed by atoms with Gasteiger partial charge in [-0.15, -0.1) is 0 Å². The van der Waals surface area contributed by atoms with Crippen LogP contribution in [0.15, 0.2) is 97.1 Å². The van der Waals surface area contributed by atoms with Crippen molar-refractivity contribution in [3.63, 3.8) is 0 Å². The fourth-order valence-electron chi connectivity index (χ4n) is 8.74. The van der Waals surface area contributed by atoms with Crippen LogP contribution in [0.3, 0.4) is 0 Å². The van der Waals surface area contributed by atoms with Crippen molar-refractivity contribution in [2.75, 3.05) is 65.6 Å². The Morgan fingerprint density at radius 2 is 0.672 bits per heavy atom. The average Bonchev–Trinajstić information content (AvgIpc) is 3.28. The molecule has 0 heterocycles. The maximum atomic E-state index is 6.13. The molecule has 5 aromatic rings. The van der Waals surface area contributed by atoms with Gasteiger partial charge in [-0.1, -0.05) is 97.1 Å². The molecule has 0 aliphatic heterocycles. The van der Waals surface area contributed by atoms with Gasteiger partial charge in [-0.25, -0.2) is 0 Å². The standard InChI is InChI=1S/C54H74N2O2/c1-7-55(8-2,9-3)41-21-13-15-23-43-57-47-35-29-45(30-36-47)33-39-53-49-25-17-19-27-51(49)54(52-28-20-18-26-50(52)53)40-34-46-31-37-48(38-32-46)58-44-24-16-14-22-42-56(10-4,11-5)12-6/h17-20,25-40H,7-16,21-24,41-44H2,1-6H3/q+2/b39-33+,40-34+. The van der Waals surface area contributed by atoms with Crippen LogP contribution in [-0.2, 0) is 0 Å². The van der Waals surface area contributed by atoms with Gasteiger partial charge in [0.15, 0.2) is 0 Å². The van der Waals surface area contributed by atoms with Crippen molar-refractivity contribution in [3.8, 4) is 11.5 Å². The molecule has 0 aliphatic carbocycles. The zero-order valence-corrected chi connectivity index (χ0v) is 37.0. The summed E-state index contributed by atoms with van der Waals surface area (Å²) in [6.45, 7) is 25.6. The molecule has 0 spiro atoms. The van der Waals surface area contributed by atoms with E-state index >= 15 is 0 Å². The van der Waals surface area contributed by atoms with Gasteiger partial charge in [0.25, 0.3) is 0 Å². The molecule has 0 aliphatic rings. The summed E-state index contributed by atoms with van der Waals surface area (Å²) < 4.78 is 14.8. The van der Waals surface area contributed by atoms with Gasteiger partial charge >= 0.3 is 0 Å². The van der Waals surface area contributed by atoms with Gasteiger partial charge in [0, 0.05) is 0 Å². The molecule has 0 fully saturated rings. The molecular weight excluding hydrogens is 709 g/mol. The van der Waals surface area contributed by atoms with Crippen molar-refractivity contribution >= 4 is 45.8 Å². The van der Waals surface area contributed by atoms with E-state index in [4.69, 9.17) is 9.47 Å². The molecule has 0 N–H and O–H groups in total. The summed E-state index contributed by atoms with van der Waals surface area (Å²) in [5.41, 5.74) is 4.82. The predicted octanol–water partition coefficient (Wildman–Crippen LogP) is 14.0. The van der Waals surface area contributed by atoms with Gasteiger partial charge in [0.1, 0.15) is 11.5 Å². The van der Waals surface area contributed by atoms with Crippen molar-refractivity contribution in [2.45, 2.75) is 92.9 Å². The molecule has 5 aromatic carbocycles. The number of hydrogen-bond donors (Lipinski definition) is 0. The van der Waals surface area contributed by atoms with E-state index in [1.807, 2.05) is 0 Å². The topological polar surface area (TPSA) is 18.5 Å². The quantitative estimate of drug-likeness (QED) is 0.0241. The molecular formula is C54H74N2O2+2. The van der Waals surface area contributed by atoms with Crippen LogP contribution in [-0.4, -0.2) is 74.5 Å². The number of rotatable bonds is 26. The summed E-state index contributed by atoms with van der Waals surface area (Å²) in [4.78, 5) is 0. The number of hydrogen-bond acceptors (Lipinski definition) is 2. The number of quaternary nitrogens is 2. The number of unbranched alkanes of at least 4 members (excludes halogenated alkanes) is 6. The third-order valence-corrected chi connectivity index (χ3v) is 13.3. The van der Waals surface area contributed by atoms with Gasteiger partial charge in [-0.05, 0) is 161 Å². The second-order valence-electron chi connectivity index (χ2n) is 16.3. The van der Waals surface area contributed by atoms with Crippen LogP contribution in [0.25, 0.3) is 45.8 Å². The second kappa shape index (κ2) is 23.3. The second-order valence-corrected chi connectivity index (χ2v) is 16.3. The fourth-order valence-corrected chi connectivity index (χ4v) is 8.74. The Morgan fingerprint density at radius 3 is 0.983 bits per heavy atom. The lowest BCUT2D eigenvalue weighted by Crippen LogP contribution is -2.48. The van der Waals surface area contributed by atoms with E-state index in [9.17, 15) is 0 Å². The Morgan fingerprint density at radius 1 is 0.362 bits per heavy atom. The minimum Gasteiger partial charge on any atom is -0.494 e. The van der Waals surface area contributed by atoms with E-state index in [0.29, 0.717) is 0 Å². The van der Waals surface area contributed by atoms with E-state index in [2.05, 4.69) is 163 Å². The molecule has 310 valence electrons. The van der Waals surface area contributed by atoms with Crippen LogP contribution in [0.1, 0.15) is 115 Å². The lowest BCUT2D eigenvalue weighted by molar-refractivity contribution is -0.923. The van der Waals surface area contributed by atoms with E-state index in [0.717, 1.165) is 48.7 Å². The molecule has 0 aromatic heterocycles. The fraction of sp³-hybridized carbons (Fsp3) is 0.444. The van der Waals surface area contributed by atoms with E-state index in [-0.39, 0.29) is 0 Å². The van der Waals surface area contributed by atoms with Crippen LogP contribution < -0.4 is 9.47 Å². The highest BCUT2D eigenvalue weighted by atomic mass is 16.5. The minimum absolute atomic E-state index is 0.779. The highest BCUT2D eigenvalue weighted by Gasteiger charge is 2.20. The third kappa shape index (κ3) is 12.3. The van der Waals surface area contributed by atoms with Crippen molar-refractivity contribution in [3.05, 3.63) is 119 Å². The highest BCUT2D eigenvalue weighted by molar-refractivity contribution is 6.14. The summed E-state index contributed by atoms with van der Waals surface area (Å²) in [6.07, 6.45) is 18.9. The summed E-state index contributed by atoms with van der Waals surface area (Å²) in [5.74, 6) is 1.89. The average molecular weight is 783 g/mol. The Kier molecular flexibility index (Phi) is 17.9. The smallest absolute Gasteiger partial charge is 0.119 e. The molecule has 58 heavy (non-hydrogen) atoms. The summed E-state index contributed by atoms with van der Waals surface area (Å²) in [5, 5.41) is 5.01. The molecule has 5 rings (SSSR count). The van der Waals surface area contributed by atoms with Crippen LogP contribution in [0, 0.1) is 0 Å². The molecule has 0 amide bonds. The SMILES string of the molecule is CC[N+](CC)(CC)CCCCCCOc1ccc(/C=C/c2c3ccccc3c(/C=C/c3ccc(OCCCCCC[N+](CC)(CC)CC)cc3)c3ccccc23)cc1. The normalized spacial score (nSPS) is 12.4. The first-order valence-corrected chi connectivity index (χ1v) is 22.9. The van der Waals surface area contributed by atoms with E-state index in [1.54, 1.807) is 0 Å². The van der Waals surface area contributed by atoms with Gasteiger partial charge < -0.3 is 18.4 Å². The monoisotopic (exact) mass is 783 g/mol. The molecule has 0 bridgehead atoms. The Balaban J connectivity index is 1.16. The van der Waals surface area contributed by atoms with E-state index < -0.39 is 0 Å². The first-order chi connectivity index (χ1) is 28.4. The minimum atomic E-state index is 0.779. The van der Waals surface area contributed by atoms with Crippen LogP contribution in [0.2, 0.25) is 0 Å². The molecule has 0 saturated heterocycles. The molecule has 0 saturated carbocycles. The lowest BCUT2D eigenvalue weighted by atomic mass is 9.91. The van der Waals surface area contributed by atoms with Gasteiger partial charge in [-0.3, -0.25) is 0 Å². The summed E-state index contributed by atoms with van der Waals surface area (Å²) >= 11 is 0. The third-order valence-electron chi connectivity index (χ3n) is 13.3. The van der Waals surface area contributed by atoms with Crippen LogP contribution in [0.5, 0.6) is 11.5 Å². The zero-order valence-electron chi connectivity index (χ0n) is 37.0. The van der Waals surface area contributed by atoms with Crippen LogP contribution in [0.4, 0.5) is 0 Å². The maximum Gasteiger partial charge on any atom is 0.119 e. The molecule has 0 radical (unpaired) electrons. The Bertz CT molecular complexity index is 1780. The van der Waals surface area contributed by atoms with Gasteiger partial charge in [0.2, 0.25) is 0 Å². The largest absolute Gasteiger partial charge is 0.494 e. The molecule has 4 nitrogen and oxygen atoms in total. The van der Waals surface area contributed by atoms with Crippen molar-refractivity contribution in [1.82, 2.24) is 0 Å². The molecule has 0 unspecified atom stereocenters. The number of benzene rings is 5. The number of fused-ring (bicyclic) bond motifs is 2. The van der Waals surface area contributed by atoms with Gasteiger partial charge in [-0.2, -0.15) is 0 Å². The Labute approximate surface area is 352 Å². The predicted molar refractivity (Wildman–Crippen MR) is 254 cm³/mol. The summed E-state index contributed by atoms with van der Waals surface area (Å²) in [7, 11) is 0. The zero-order chi connectivity index (χ0) is 41.1. The first kappa shape index (κ1) is 44.7. The van der Waals surface area contributed by atoms with Gasteiger partial charge in [0.05, 0.1) is 65.6 Å². The lowest BCUT2D eigenvalue weighted by Gasteiger charge is -2.35. The number of ether oxygens (including phenoxy) is 2. The maximum absolute atomic E-state index is 6.13. The number of nitrogens with zero attached hydrogens (tertiary/aromatic N) is 2. The van der Waals surface area contributed by atoms with Crippen molar-refractivity contribution < 1.29 is 18.4 Å². The molecule has 4 heteroatoms. The summed E-state index contributed by atoms with van der Waals surface area (Å²) in [6, 6.07) is 34.7. The first-order valence-electron chi connectivity index (χ1n) is 22.9. The van der Waals surface area contributed by atoms with Crippen molar-refractivity contribution in [1.29, 1.82) is 0 Å².